The van der Waals surface area contributed by atoms with Crippen molar-refractivity contribution in [2.45, 2.75) is 33.2 Å². The van der Waals surface area contributed by atoms with E-state index in [0.29, 0.717) is 0 Å². The lowest BCUT2D eigenvalue weighted by Crippen LogP contribution is -2.21. The van der Waals surface area contributed by atoms with Gasteiger partial charge in [-0.1, -0.05) is 0 Å². The number of hydrogen-bond acceptors (Lipinski definition) is 4. The molecule has 0 amide bonds. The quantitative estimate of drug-likeness (QED) is 0.846. The Bertz CT molecular complexity index is 569. The summed E-state index contributed by atoms with van der Waals surface area (Å²) in [6, 6.07) is 4.04. The van der Waals surface area contributed by atoms with Gasteiger partial charge in [0.2, 0.25) is 5.95 Å². The van der Waals surface area contributed by atoms with Crippen molar-refractivity contribution < 1.29 is 0 Å². The van der Waals surface area contributed by atoms with Crippen molar-refractivity contribution in [2.75, 3.05) is 18.0 Å². The van der Waals surface area contributed by atoms with Crippen LogP contribution in [0.5, 0.6) is 0 Å². The Morgan fingerprint density at radius 3 is 2.74 bits per heavy atom. The largest absolute Gasteiger partial charge is 0.341 e. The van der Waals surface area contributed by atoms with Crippen molar-refractivity contribution in [1.29, 1.82) is 0 Å². The van der Waals surface area contributed by atoms with E-state index >= 15 is 0 Å². The highest BCUT2D eigenvalue weighted by Crippen LogP contribution is 2.22. The summed E-state index contributed by atoms with van der Waals surface area (Å²) in [7, 11) is 0. The molecule has 0 atom stereocenters. The molecule has 0 N–H and O–H groups in total. The van der Waals surface area contributed by atoms with Crippen molar-refractivity contribution in [3.05, 3.63) is 24.0 Å². The van der Waals surface area contributed by atoms with Gasteiger partial charge in [-0.3, -0.25) is 4.68 Å². The van der Waals surface area contributed by atoms with Gasteiger partial charge in [0.1, 0.15) is 0 Å². The van der Waals surface area contributed by atoms with Gasteiger partial charge >= 0.3 is 0 Å². The minimum Gasteiger partial charge on any atom is -0.341 e. The highest BCUT2D eigenvalue weighted by Gasteiger charge is 2.17. The van der Waals surface area contributed by atoms with E-state index in [1.807, 2.05) is 29.9 Å². The first-order valence-electron chi connectivity index (χ1n) is 6.90. The standard InChI is InChI=1S/C14H19N5/c1-3-19-13(6-7-15-19)12-10-11(2)16-14(17-12)18-8-4-5-9-18/h6-7,10H,3-5,8-9H2,1-2H3. The lowest BCUT2D eigenvalue weighted by atomic mass is 10.2. The van der Waals surface area contributed by atoms with Gasteiger partial charge in [0.15, 0.2) is 0 Å². The number of aryl methyl sites for hydroxylation is 2. The van der Waals surface area contributed by atoms with Crippen LogP contribution in [0.3, 0.4) is 0 Å². The molecule has 1 aliphatic heterocycles. The van der Waals surface area contributed by atoms with Crippen molar-refractivity contribution >= 4 is 5.95 Å². The summed E-state index contributed by atoms with van der Waals surface area (Å²) in [5, 5.41) is 4.31. The number of anilines is 1. The normalized spacial score (nSPS) is 15.2. The first-order chi connectivity index (χ1) is 9.28. The summed E-state index contributed by atoms with van der Waals surface area (Å²) in [4.78, 5) is 11.6. The minimum absolute atomic E-state index is 0.852. The molecule has 1 saturated heterocycles. The third-order valence-electron chi connectivity index (χ3n) is 3.51. The van der Waals surface area contributed by atoms with Crippen molar-refractivity contribution in [3.63, 3.8) is 0 Å². The van der Waals surface area contributed by atoms with Crippen LogP contribution >= 0.6 is 0 Å². The SMILES string of the molecule is CCn1nccc1-c1cc(C)nc(N2CCCC2)n1. The summed E-state index contributed by atoms with van der Waals surface area (Å²) >= 11 is 0. The highest BCUT2D eigenvalue weighted by molar-refractivity contribution is 5.57. The van der Waals surface area contributed by atoms with Gasteiger partial charge < -0.3 is 4.90 Å². The van der Waals surface area contributed by atoms with Crippen LogP contribution in [0.4, 0.5) is 5.95 Å². The summed E-state index contributed by atoms with van der Waals surface area (Å²) in [6.07, 6.45) is 4.30. The van der Waals surface area contributed by atoms with Crippen LogP contribution in [-0.4, -0.2) is 32.8 Å². The van der Waals surface area contributed by atoms with Crippen LogP contribution in [0.1, 0.15) is 25.5 Å². The van der Waals surface area contributed by atoms with Crippen molar-refractivity contribution in [1.82, 2.24) is 19.7 Å². The summed E-state index contributed by atoms with van der Waals surface area (Å²) in [6.45, 7) is 7.10. The first kappa shape index (κ1) is 12.1. The minimum atomic E-state index is 0.852. The van der Waals surface area contributed by atoms with E-state index in [4.69, 9.17) is 4.98 Å². The van der Waals surface area contributed by atoms with Gasteiger partial charge in [-0.15, -0.1) is 0 Å². The van der Waals surface area contributed by atoms with E-state index in [1.165, 1.54) is 12.8 Å². The molecule has 2 aromatic heterocycles. The molecule has 5 heteroatoms. The van der Waals surface area contributed by atoms with Gasteiger partial charge in [-0.2, -0.15) is 5.10 Å². The van der Waals surface area contributed by atoms with E-state index in [0.717, 1.165) is 42.7 Å². The molecule has 1 aliphatic rings. The predicted molar refractivity (Wildman–Crippen MR) is 75.1 cm³/mol. The van der Waals surface area contributed by atoms with E-state index < -0.39 is 0 Å². The molecule has 5 nitrogen and oxygen atoms in total. The molecular formula is C14H19N5. The topological polar surface area (TPSA) is 46.8 Å². The second-order valence-electron chi connectivity index (χ2n) is 4.92. The monoisotopic (exact) mass is 257 g/mol. The molecule has 3 heterocycles. The van der Waals surface area contributed by atoms with Crippen molar-refractivity contribution in [2.24, 2.45) is 0 Å². The summed E-state index contributed by atoms with van der Waals surface area (Å²) in [5.74, 6) is 0.858. The van der Waals surface area contributed by atoms with Crippen LogP contribution in [0, 0.1) is 6.92 Å². The molecule has 1 fully saturated rings. The molecule has 2 aromatic rings. The van der Waals surface area contributed by atoms with Crippen LogP contribution in [-0.2, 0) is 6.54 Å². The third-order valence-corrected chi connectivity index (χ3v) is 3.51. The fraction of sp³-hybridized carbons (Fsp3) is 0.500. The zero-order valence-electron chi connectivity index (χ0n) is 11.5. The van der Waals surface area contributed by atoms with E-state index in [9.17, 15) is 0 Å². The average molecular weight is 257 g/mol. The molecular weight excluding hydrogens is 238 g/mol. The average Bonchev–Trinajstić information content (AvgIpc) is 3.09. The zero-order valence-corrected chi connectivity index (χ0v) is 11.5. The van der Waals surface area contributed by atoms with E-state index in [1.54, 1.807) is 0 Å². The maximum absolute atomic E-state index is 4.72. The molecule has 0 radical (unpaired) electrons. The molecule has 0 aromatic carbocycles. The maximum atomic E-state index is 4.72. The van der Waals surface area contributed by atoms with E-state index in [-0.39, 0.29) is 0 Å². The van der Waals surface area contributed by atoms with Crippen LogP contribution in [0.2, 0.25) is 0 Å². The van der Waals surface area contributed by atoms with Gasteiger partial charge in [0, 0.05) is 31.5 Å². The molecule has 0 saturated carbocycles. The van der Waals surface area contributed by atoms with E-state index in [2.05, 4.69) is 21.9 Å². The number of aromatic nitrogens is 4. The first-order valence-corrected chi connectivity index (χ1v) is 6.90. The smallest absolute Gasteiger partial charge is 0.226 e. The molecule has 0 aliphatic carbocycles. The lowest BCUT2D eigenvalue weighted by molar-refractivity contribution is 0.665. The Labute approximate surface area is 113 Å². The fourth-order valence-electron chi connectivity index (χ4n) is 2.54. The molecule has 0 spiro atoms. The summed E-state index contributed by atoms with van der Waals surface area (Å²) in [5.41, 5.74) is 3.04. The Balaban J connectivity index is 2.02. The highest BCUT2D eigenvalue weighted by atomic mass is 15.3. The van der Waals surface area contributed by atoms with Crippen LogP contribution in [0.25, 0.3) is 11.4 Å². The maximum Gasteiger partial charge on any atom is 0.226 e. The molecule has 0 unspecified atom stereocenters. The Morgan fingerprint density at radius 1 is 1.21 bits per heavy atom. The Morgan fingerprint density at radius 2 is 2.00 bits per heavy atom. The fourth-order valence-corrected chi connectivity index (χ4v) is 2.54. The zero-order chi connectivity index (χ0) is 13.2. The van der Waals surface area contributed by atoms with Crippen molar-refractivity contribution in [3.8, 4) is 11.4 Å². The van der Waals surface area contributed by atoms with Gasteiger partial charge in [0.05, 0.1) is 11.4 Å². The van der Waals surface area contributed by atoms with Crippen LogP contribution < -0.4 is 4.90 Å². The summed E-state index contributed by atoms with van der Waals surface area (Å²) < 4.78 is 1.97. The number of rotatable bonds is 3. The van der Waals surface area contributed by atoms with Gasteiger partial charge in [-0.05, 0) is 38.8 Å². The Kier molecular flexibility index (Phi) is 3.19. The van der Waals surface area contributed by atoms with Crippen LogP contribution in [0.15, 0.2) is 18.3 Å². The third kappa shape index (κ3) is 2.32. The lowest BCUT2D eigenvalue weighted by Gasteiger charge is -2.16. The van der Waals surface area contributed by atoms with Gasteiger partial charge in [0.25, 0.3) is 0 Å². The Hall–Kier alpha value is -1.91. The molecule has 19 heavy (non-hydrogen) atoms. The molecule has 3 rings (SSSR count). The number of hydrogen-bond donors (Lipinski definition) is 0. The van der Waals surface area contributed by atoms with Gasteiger partial charge in [-0.25, -0.2) is 9.97 Å². The second-order valence-corrected chi connectivity index (χ2v) is 4.92. The second kappa shape index (κ2) is 4.99. The number of nitrogens with zero attached hydrogens (tertiary/aromatic N) is 5. The predicted octanol–water partition coefficient (Wildman–Crippen LogP) is 2.27. The molecule has 0 bridgehead atoms. The molecule has 100 valence electrons.